The van der Waals surface area contributed by atoms with Crippen LogP contribution in [0.25, 0.3) is 0 Å². The number of nitrogen functional groups attached to an aromatic ring is 1. The predicted octanol–water partition coefficient (Wildman–Crippen LogP) is 0.831. The minimum atomic E-state index is 0.0922. The van der Waals surface area contributed by atoms with Crippen molar-refractivity contribution < 1.29 is 4.79 Å². The number of hydrogen-bond acceptors (Lipinski definition) is 4. The van der Waals surface area contributed by atoms with Crippen LogP contribution in [0.2, 0.25) is 0 Å². The number of amides is 1. The zero-order valence-electron chi connectivity index (χ0n) is 9.36. The Morgan fingerprint density at radius 3 is 3.06 bits per heavy atom. The van der Waals surface area contributed by atoms with Crippen LogP contribution >= 0.6 is 0 Å². The van der Waals surface area contributed by atoms with Crippen molar-refractivity contribution in [2.75, 3.05) is 17.6 Å². The highest BCUT2D eigenvalue weighted by molar-refractivity contribution is 5.78. The number of rotatable bonds is 3. The van der Waals surface area contributed by atoms with Gasteiger partial charge in [0.2, 0.25) is 5.91 Å². The van der Waals surface area contributed by atoms with Crippen molar-refractivity contribution in [3.8, 4) is 6.07 Å². The summed E-state index contributed by atoms with van der Waals surface area (Å²) < 4.78 is 0. The number of nitrogens with zero attached hydrogens (tertiary/aromatic N) is 1. The average Bonchev–Trinajstić information content (AvgIpc) is 2.73. The smallest absolute Gasteiger partial charge is 0.220 e. The molecule has 5 nitrogen and oxygen atoms in total. The molecule has 0 saturated carbocycles. The standard InChI is InChI=1S/C12H14N4O/c13-6-8-5-9(14)1-3-11(8)15-7-10-2-4-12(17)16-10/h1,3,5,10,15H,2,4,7,14H2,(H,16,17). The molecule has 4 N–H and O–H groups in total. The van der Waals surface area contributed by atoms with Crippen molar-refractivity contribution in [1.29, 1.82) is 5.26 Å². The maximum absolute atomic E-state index is 11.0. The molecule has 0 radical (unpaired) electrons. The molecule has 0 aliphatic carbocycles. The molecule has 1 unspecified atom stereocenters. The maximum Gasteiger partial charge on any atom is 0.220 e. The van der Waals surface area contributed by atoms with Crippen LogP contribution in [0, 0.1) is 11.3 Å². The van der Waals surface area contributed by atoms with E-state index in [2.05, 4.69) is 16.7 Å². The minimum absolute atomic E-state index is 0.0922. The van der Waals surface area contributed by atoms with Gasteiger partial charge >= 0.3 is 0 Å². The van der Waals surface area contributed by atoms with Crippen LogP contribution in [-0.2, 0) is 4.79 Å². The highest BCUT2D eigenvalue weighted by Crippen LogP contribution is 2.18. The summed E-state index contributed by atoms with van der Waals surface area (Å²) in [5.74, 6) is 0.0922. The Labute approximate surface area is 99.6 Å². The topological polar surface area (TPSA) is 90.9 Å². The second-order valence-electron chi connectivity index (χ2n) is 4.10. The second kappa shape index (κ2) is 4.74. The Balaban J connectivity index is 1.99. The van der Waals surface area contributed by atoms with E-state index in [1.54, 1.807) is 18.2 Å². The van der Waals surface area contributed by atoms with E-state index in [9.17, 15) is 4.79 Å². The molecule has 5 heteroatoms. The van der Waals surface area contributed by atoms with Crippen LogP contribution in [0.1, 0.15) is 18.4 Å². The molecular weight excluding hydrogens is 216 g/mol. The van der Waals surface area contributed by atoms with E-state index < -0.39 is 0 Å². The number of hydrogen-bond donors (Lipinski definition) is 3. The van der Waals surface area contributed by atoms with E-state index in [1.165, 1.54) is 0 Å². The fourth-order valence-corrected chi connectivity index (χ4v) is 1.87. The van der Waals surface area contributed by atoms with Crippen molar-refractivity contribution in [3.05, 3.63) is 23.8 Å². The van der Waals surface area contributed by atoms with E-state index >= 15 is 0 Å². The average molecular weight is 230 g/mol. The van der Waals surface area contributed by atoms with Gasteiger partial charge in [0, 0.05) is 24.7 Å². The van der Waals surface area contributed by atoms with Crippen LogP contribution < -0.4 is 16.4 Å². The highest BCUT2D eigenvalue weighted by Gasteiger charge is 2.20. The predicted molar refractivity (Wildman–Crippen MR) is 65.2 cm³/mol. The number of carbonyl (C=O) groups is 1. The fourth-order valence-electron chi connectivity index (χ4n) is 1.87. The largest absolute Gasteiger partial charge is 0.399 e. The van der Waals surface area contributed by atoms with Gasteiger partial charge in [0.15, 0.2) is 0 Å². The first-order chi connectivity index (χ1) is 8.19. The van der Waals surface area contributed by atoms with Crippen molar-refractivity contribution in [2.45, 2.75) is 18.9 Å². The Bertz CT molecular complexity index is 478. The Hall–Kier alpha value is -2.22. The number of nitrogens with one attached hydrogen (secondary N) is 2. The zero-order chi connectivity index (χ0) is 12.3. The normalized spacial score (nSPS) is 18.5. The van der Waals surface area contributed by atoms with Crippen molar-refractivity contribution in [3.63, 3.8) is 0 Å². The molecule has 0 spiro atoms. The second-order valence-corrected chi connectivity index (χ2v) is 4.10. The SMILES string of the molecule is N#Cc1cc(N)ccc1NCC1CCC(=O)N1. The lowest BCUT2D eigenvalue weighted by Crippen LogP contribution is -2.31. The molecule has 1 amide bonds. The number of nitrogens with two attached hydrogens (primary N) is 1. The summed E-state index contributed by atoms with van der Waals surface area (Å²) in [6.07, 6.45) is 1.42. The molecule has 17 heavy (non-hydrogen) atoms. The van der Waals surface area contributed by atoms with Gasteiger partial charge in [-0.25, -0.2) is 0 Å². The summed E-state index contributed by atoms with van der Waals surface area (Å²) in [6.45, 7) is 0.629. The molecule has 1 atom stereocenters. The number of nitriles is 1. The van der Waals surface area contributed by atoms with Gasteiger partial charge in [0.1, 0.15) is 6.07 Å². The van der Waals surface area contributed by atoms with E-state index in [-0.39, 0.29) is 11.9 Å². The van der Waals surface area contributed by atoms with Crippen molar-refractivity contribution in [1.82, 2.24) is 5.32 Å². The van der Waals surface area contributed by atoms with Gasteiger partial charge in [0.25, 0.3) is 0 Å². The van der Waals surface area contributed by atoms with Crippen LogP contribution in [-0.4, -0.2) is 18.5 Å². The third-order valence-corrected chi connectivity index (χ3v) is 2.79. The van der Waals surface area contributed by atoms with Crippen molar-refractivity contribution in [2.24, 2.45) is 0 Å². The molecule has 1 heterocycles. The first-order valence-electron chi connectivity index (χ1n) is 5.52. The fraction of sp³-hybridized carbons (Fsp3) is 0.333. The van der Waals surface area contributed by atoms with E-state index in [4.69, 9.17) is 11.0 Å². The molecule has 1 fully saturated rings. The number of anilines is 2. The molecule has 1 aromatic rings. The molecule has 1 aliphatic rings. The number of carbonyl (C=O) groups excluding carboxylic acids is 1. The van der Waals surface area contributed by atoms with Crippen molar-refractivity contribution >= 4 is 17.3 Å². The third-order valence-electron chi connectivity index (χ3n) is 2.79. The van der Waals surface area contributed by atoms with Crippen LogP contribution in [0.15, 0.2) is 18.2 Å². The van der Waals surface area contributed by atoms with Crippen LogP contribution in [0.5, 0.6) is 0 Å². The monoisotopic (exact) mass is 230 g/mol. The van der Waals surface area contributed by atoms with Crippen LogP contribution in [0.4, 0.5) is 11.4 Å². The van der Waals surface area contributed by atoms with Gasteiger partial charge in [-0.05, 0) is 24.6 Å². The van der Waals surface area contributed by atoms with Gasteiger partial charge in [-0.1, -0.05) is 0 Å². The molecule has 0 aromatic heterocycles. The van der Waals surface area contributed by atoms with E-state index in [0.717, 1.165) is 12.1 Å². The summed E-state index contributed by atoms with van der Waals surface area (Å²) >= 11 is 0. The first kappa shape index (κ1) is 11.3. The molecule has 1 saturated heterocycles. The molecular formula is C12H14N4O. The Kier molecular flexibility index (Phi) is 3.15. The Morgan fingerprint density at radius 2 is 2.41 bits per heavy atom. The first-order valence-corrected chi connectivity index (χ1v) is 5.52. The molecule has 1 aliphatic heterocycles. The molecule has 88 valence electrons. The molecule has 0 bridgehead atoms. The van der Waals surface area contributed by atoms with E-state index in [1.807, 2.05) is 0 Å². The Morgan fingerprint density at radius 1 is 1.59 bits per heavy atom. The summed E-state index contributed by atoms with van der Waals surface area (Å²) in [4.78, 5) is 11.0. The van der Waals surface area contributed by atoms with Gasteiger partial charge in [-0.15, -0.1) is 0 Å². The third kappa shape index (κ3) is 2.67. The van der Waals surface area contributed by atoms with Gasteiger partial charge < -0.3 is 16.4 Å². The quantitative estimate of drug-likeness (QED) is 0.671. The van der Waals surface area contributed by atoms with Gasteiger partial charge in [-0.2, -0.15) is 5.26 Å². The zero-order valence-corrected chi connectivity index (χ0v) is 9.36. The summed E-state index contributed by atoms with van der Waals surface area (Å²) in [5.41, 5.74) is 7.45. The minimum Gasteiger partial charge on any atom is -0.399 e. The van der Waals surface area contributed by atoms with Gasteiger partial charge in [0.05, 0.1) is 11.3 Å². The lowest BCUT2D eigenvalue weighted by molar-refractivity contribution is -0.119. The highest BCUT2D eigenvalue weighted by atomic mass is 16.1. The summed E-state index contributed by atoms with van der Waals surface area (Å²) in [6, 6.07) is 7.40. The number of benzene rings is 1. The van der Waals surface area contributed by atoms with E-state index in [0.29, 0.717) is 24.2 Å². The lowest BCUT2D eigenvalue weighted by atomic mass is 10.1. The summed E-state index contributed by atoms with van der Waals surface area (Å²) in [7, 11) is 0. The summed E-state index contributed by atoms with van der Waals surface area (Å²) in [5, 5.41) is 15.0. The lowest BCUT2D eigenvalue weighted by Gasteiger charge is -2.13. The molecule has 1 aromatic carbocycles. The van der Waals surface area contributed by atoms with Crippen LogP contribution in [0.3, 0.4) is 0 Å². The maximum atomic E-state index is 11.0. The van der Waals surface area contributed by atoms with Gasteiger partial charge in [-0.3, -0.25) is 4.79 Å². The molecule has 2 rings (SSSR count).